The molecular weight excluding hydrogens is 290 g/mol. The van der Waals surface area contributed by atoms with Gasteiger partial charge in [-0.05, 0) is 53.8 Å². The lowest BCUT2D eigenvalue weighted by Crippen LogP contribution is -2.28. The second-order valence-electron chi connectivity index (χ2n) is 4.99. The first-order valence-corrected chi connectivity index (χ1v) is 7.30. The molecule has 0 aliphatic rings. The fourth-order valence-corrected chi connectivity index (χ4v) is 3.62. The van der Waals surface area contributed by atoms with Gasteiger partial charge in [0, 0.05) is 9.58 Å². The molecule has 2 nitrogen and oxygen atoms in total. The predicted molar refractivity (Wildman–Crippen MR) is 82.1 cm³/mol. The summed E-state index contributed by atoms with van der Waals surface area (Å²) in [5, 5.41) is 0.949. The van der Waals surface area contributed by atoms with Crippen molar-refractivity contribution in [3.63, 3.8) is 0 Å². The average molecular weight is 304 g/mol. The number of thiophene rings is 1. The largest absolute Gasteiger partial charge is 0.271 e. The first-order valence-electron chi connectivity index (χ1n) is 6.49. The van der Waals surface area contributed by atoms with Gasteiger partial charge in [-0.2, -0.15) is 0 Å². The molecule has 1 heterocycles. The van der Waals surface area contributed by atoms with Crippen LogP contribution in [0.2, 0.25) is 0 Å². The molecule has 0 spiro atoms. The quantitative estimate of drug-likeness (QED) is 0.566. The van der Waals surface area contributed by atoms with Crippen molar-refractivity contribution in [3.8, 4) is 0 Å². The lowest BCUT2D eigenvalue weighted by molar-refractivity contribution is 0.607. The molecule has 108 valence electrons. The molecule has 3 aromatic rings. The molecule has 21 heavy (non-hydrogen) atoms. The van der Waals surface area contributed by atoms with Crippen molar-refractivity contribution in [1.82, 2.24) is 5.43 Å². The van der Waals surface area contributed by atoms with Crippen LogP contribution in [-0.4, -0.2) is 0 Å². The average Bonchev–Trinajstić information content (AvgIpc) is 2.81. The van der Waals surface area contributed by atoms with E-state index in [1.165, 1.54) is 35.6 Å². The number of hydrogen-bond acceptors (Lipinski definition) is 3. The number of hydrogen-bond donors (Lipinski definition) is 2. The number of fused-ring (bicyclic) bond motifs is 1. The highest BCUT2D eigenvalue weighted by atomic mass is 32.1. The molecule has 0 radical (unpaired) electrons. The number of hydrazine groups is 1. The van der Waals surface area contributed by atoms with E-state index >= 15 is 0 Å². The fourth-order valence-electron chi connectivity index (χ4n) is 2.44. The van der Waals surface area contributed by atoms with Crippen molar-refractivity contribution in [3.05, 3.63) is 70.1 Å². The van der Waals surface area contributed by atoms with Crippen molar-refractivity contribution >= 4 is 21.4 Å². The number of nitrogens with two attached hydrogens (primary N) is 1. The SMILES string of the molecule is Cc1cc(F)cc(C(NN)c2cc3ccc(F)cc3s2)c1. The Morgan fingerprint density at radius 1 is 1.05 bits per heavy atom. The molecule has 0 amide bonds. The molecule has 0 bridgehead atoms. The van der Waals surface area contributed by atoms with E-state index in [4.69, 9.17) is 5.84 Å². The van der Waals surface area contributed by atoms with Crippen LogP contribution in [0.15, 0.2) is 42.5 Å². The number of rotatable bonds is 3. The van der Waals surface area contributed by atoms with E-state index in [0.717, 1.165) is 26.1 Å². The summed E-state index contributed by atoms with van der Waals surface area (Å²) in [4.78, 5) is 0.920. The summed E-state index contributed by atoms with van der Waals surface area (Å²) in [7, 11) is 0. The van der Waals surface area contributed by atoms with Gasteiger partial charge in [0.1, 0.15) is 11.6 Å². The third-order valence-corrected chi connectivity index (χ3v) is 4.51. The van der Waals surface area contributed by atoms with E-state index in [0.29, 0.717) is 0 Å². The first-order chi connectivity index (χ1) is 10.1. The lowest BCUT2D eigenvalue weighted by Gasteiger charge is -2.15. The van der Waals surface area contributed by atoms with E-state index in [2.05, 4.69) is 5.43 Å². The summed E-state index contributed by atoms with van der Waals surface area (Å²) in [5.41, 5.74) is 4.30. The van der Waals surface area contributed by atoms with E-state index in [1.807, 2.05) is 19.1 Å². The Morgan fingerprint density at radius 2 is 1.86 bits per heavy atom. The summed E-state index contributed by atoms with van der Waals surface area (Å²) < 4.78 is 27.7. The predicted octanol–water partition coefficient (Wildman–Crippen LogP) is 4.04. The third kappa shape index (κ3) is 2.81. The molecule has 3 N–H and O–H groups in total. The van der Waals surface area contributed by atoms with Crippen molar-refractivity contribution in [2.75, 3.05) is 0 Å². The van der Waals surface area contributed by atoms with Gasteiger partial charge in [-0.25, -0.2) is 14.2 Å². The van der Waals surface area contributed by atoms with Crippen LogP contribution in [0.4, 0.5) is 8.78 Å². The highest BCUT2D eigenvalue weighted by Crippen LogP contribution is 2.33. The zero-order chi connectivity index (χ0) is 15.0. The van der Waals surface area contributed by atoms with E-state index in [9.17, 15) is 8.78 Å². The summed E-state index contributed by atoms with van der Waals surface area (Å²) in [6.45, 7) is 1.83. The Balaban J connectivity index is 2.08. The summed E-state index contributed by atoms with van der Waals surface area (Å²) in [5.74, 6) is 5.09. The van der Waals surface area contributed by atoms with Gasteiger partial charge >= 0.3 is 0 Å². The van der Waals surface area contributed by atoms with Gasteiger partial charge in [-0.1, -0.05) is 12.1 Å². The molecular formula is C16H14F2N2S. The molecule has 0 saturated heterocycles. The zero-order valence-corrected chi connectivity index (χ0v) is 12.2. The maximum absolute atomic E-state index is 13.6. The van der Waals surface area contributed by atoms with Gasteiger partial charge in [0.15, 0.2) is 0 Å². The van der Waals surface area contributed by atoms with Crippen molar-refractivity contribution in [2.45, 2.75) is 13.0 Å². The van der Waals surface area contributed by atoms with Crippen LogP contribution in [0.1, 0.15) is 22.0 Å². The Bertz CT molecular complexity index is 778. The zero-order valence-electron chi connectivity index (χ0n) is 11.4. The molecule has 1 aromatic heterocycles. The van der Waals surface area contributed by atoms with Crippen LogP contribution < -0.4 is 11.3 Å². The smallest absolute Gasteiger partial charge is 0.124 e. The summed E-state index contributed by atoms with van der Waals surface area (Å²) in [6, 6.07) is 11.1. The van der Waals surface area contributed by atoms with Crippen LogP contribution in [0, 0.1) is 18.6 Å². The fraction of sp³-hybridized carbons (Fsp3) is 0.125. The number of aryl methyl sites for hydroxylation is 1. The highest BCUT2D eigenvalue weighted by Gasteiger charge is 2.17. The second kappa shape index (κ2) is 5.52. The van der Waals surface area contributed by atoms with E-state index < -0.39 is 0 Å². The Kier molecular flexibility index (Phi) is 3.71. The van der Waals surface area contributed by atoms with Crippen molar-refractivity contribution in [2.24, 2.45) is 5.84 Å². The van der Waals surface area contributed by atoms with Crippen LogP contribution in [0.25, 0.3) is 10.1 Å². The minimum Gasteiger partial charge on any atom is -0.271 e. The van der Waals surface area contributed by atoms with Crippen molar-refractivity contribution in [1.29, 1.82) is 0 Å². The van der Waals surface area contributed by atoms with Gasteiger partial charge in [0.05, 0.1) is 6.04 Å². The number of nitrogens with one attached hydrogen (secondary N) is 1. The second-order valence-corrected chi connectivity index (χ2v) is 6.11. The minimum atomic E-state index is -0.320. The number of benzene rings is 2. The maximum atomic E-state index is 13.6. The first kappa shape index (κ1) is 14.1. The van der Waals surface area contributed by atoms with E-state index in [-0.39, 0.29) is 17.7 Å². The van der Waals surface area contributed by atoms with Gasteiger partial charge < -0.3 is 0 Å². The third-order valence-electron chi connectivity index (χ3n) is 3.35. The van der Waals surface area contributed by atoms with Crippen LogP contribution in [-0.2, 0) is 0 Å². The monoisotopic (exact) mass is 304 g/mol. The molecule has 3 rings (SSSR count). The summed E-state index contributed by atoms with van der Waals surface area (Å²) >= 11 is 1.45. The van der Waals surface area contributed by atoms with Crippen LogP contribution in [0.3, 0.4) is 0 Å². The highest BCUT2D eigenvalue weighted by molar-refractivity contribution is 7.19. The minimum absolute atomic E-state index is 0.269. The molecule has 1 atom stereocenters. The standard InChI is InChI=1S/C16H14F2N2S/c1-9-4-11(6-13(18)5-9)16(20-19)15-7-10-2-3-12(17)8-14(10)21-15/h2-8,16,20H,19H2,1H3. The lowest BCUT2D eigenvalue weighted by atomic mass is 10.0. The molecule has 0 aliphatic carbocycles. The molecule has 0 aliphatic heterocycles. The Hall–Kier alpha value is -1.82. The van der Waals surface area contributed by atoms with Gasteiger partial charge in [0.25, 0.3) is 0 Å². The summed E-state index contributed by atoms with van der Waals surface area (Å²) in [6.07, 6.45) is 0. The normalized spacial score (nSPS) is 12.8. The van der Waals surface area contributed by atoms with Crippen LogP contribution >= 0.6 is 11.3 Å². The van der Waals surface area contributed by atoms with Crippen LogP contribution in [0.5, 0.6) is 0 Å². The molecule has 0 saturated carbocycles. The van der Waals surface area contributed by atoms with E-state index in [1.54, 1.807) is 6.07 Å². The maximum Gasteiger partial charge on any atom is 0.124 e. The molecule has 5 heteroatoms. The van der Waals surface area contributed by atoms with Gasteiger partial charge in [0.2, 0.25) is 0 Å². The molecule has 1 unspecified atom stereocenters. The Labute approximate surface area is 125 Å². The molecule has 2 aromatic carbocycles. The molecule has 0 fully saturated rings. The number of halogens is 2. The topological polar surface area (TPSA) is 38.0 Å². The van der Waals surface area contributed by atoms with Gasteiger partial charge in [-0.15, -0.1) is 11.3 Å². The van der Waals surface area contributed by atoms with Crippen molar-refractivity contribution < 1.29 is 8.78 Å². The van der Waals surface area contributed by atoms with Gasteiger partial charge in [-0.3, -0.25) is 5.84 Å². The Morgan fingerprint density at radius 3 is 2.57 bits per heavy atom.